The number of amides is 1. The Hall–Kier alpha value is -2.60. The lowest BCUT2D eigenvalue weighted by molar-refractivity contribution is -0.116. The first-order chi connectivity index (χ1) is 11.7. The minimum Gasteiger partial charge on any atom is -0.347 e. The Balaban J connectivity index is 1.45. The van der Waals surface area contributed by atoms with Crippen molar-refractivity contribution in [2.45, 2.75) is 13.0 Å². The summed E-state index contributed by atoms with van der Waals surface area (Å²) in [6, 6.07) is 15.9. The van der Waals surface area contributed by atoms with Gasteiger partial charge in [-0.1, -0.05) is 34.1 Å². The summed E-state index contributed by atoms with van der Waals surface area (Å²) in [5, 5.41) is 3.99. The standard InChI is InChI=1S/C18H15BrN4O/c19-13-6-5-12-7-9-23(16(12)11-13)10-8-17(24)22-18-20-14-3-1-2-4-15(14)21-18/h1-7,9,11H,8,10H2,(H2,20,21,22,24). The molecule has 6 heteroatoms. The van der Waals surface area contributed by atoms with Crippen molar-refractivity contribution >= 4 is 49.7 Å². The van der Waals surface area contributed by atoms with Gasteiger partial charge in [0.1, 0.15) is 0 Å². The third-order valence-corrected chi connectivity index (χ3v) is 4.46. The number of hydrogen-bond acceptors (Lipinski definition) is 2. The number of halogens is 1. The van der Waals surface area contributed by atoms with Crippen LogP contribution in [0.2, 0.25) is 0 Å². The van der Waals surface area contributed by atoms with E-state index in [1.807, 2.05) is 36.5 Å². The van der Waals surface area contributed by atoms with Crippen LogP contribution in [0, 0.1) is 0 Å². The van der Waals surface area contributed by atoms with Crippen LogP contribution in [0.3, 0.4) is 0 Å². The summed E-state index contributed by atoms with van der Waals surface area (Å²) in [5.74, 6) is 0.423. The van der Waals surface area contributed by atoms with Crippen LogP contribution in [0.5, 0.6) is 0 Å². The number of rotatable bonds is 4. The molecule has 0 saturated carbocycles. The lowest BCUT2D eigenvalue weighted by Gasteiger charge is -2.06. The zero-order valence-electron chi connectivity index (χ0n) is 12.8. The Kier molecular flexibility index (Phi) is 3.82. The third kappa shape index (κ3) is 2.92. The smallest absolute Gasteiger partial charge is 0.228 e. The highest BCUT2D eigenvalue weighted by molar-refractivity contribution is 9.10. The van der Waals surface area contributed by atoms with Crippen molar-refractivity contribution in [1.82, 2.24) is 14.5 Å². The number of nitrogens with one attached hydrogen (secondary N) is 2. The highest BCUT2D eigenvalue weighted by atomic mass is 79.9. The average Bonchev–Trinajstić information content (AvgIpc) is 3.15. The maximum atomic E-state index is 12.2. The lowest BCUT2D eigenvalue weighted by atomic mass is 10.2. The molecule has 2 aromatic carbocycles. The normalized spacial score (nSPS) is 11.2. The topological polar surface area (TPSA) is 62.7 Å². The molecule has 0 unspecified atom stereocenters. The fourth-order valence-electron chi connectivity index (χ4n) is 2.78. The second kappa shape index (κ2) is 6.13. The van der Waals surface area contributed by atoms with Crippen LogP contribution in [0.1, 0.15) is 6.42 Å². The molecule has 0 aliphatic rings. The molecule has 1 amide bonds. The summed E-state index contributed by atoms with van der Waals surface area (Å²) in [5.41, 5.74) is 2.86. The van der Waals surface area contributed by atoms with E-state index in [2.05, 4.69) is 54.0 Å². The predicted molar refractivity (Wildman–Crippen MR) is 99.0 cm³/mol. The number of hydrogen-bond donors (Lipinski definition) is 2. The monoisotopic (exact) mass is 382 g/mol. The number of anilines is 1. The third-order valence-electron chi connectivity index (χ3n) is 3.96. The minimum absolute atomic E-state index is 0.0640. The van der Waals surface area contributed by atoms with Crippen LogP contribution in [0.15, 0.2) is 59.2 Å². The largest absolute Gasteiger partial charge is 0.347 e. The van der Waals surface area contributed by atoms with Crippen molar-refractivity contribution in [3.8, 4) is 0 Å². The summed E-state index contributed by atoms with van der Waals surface area (Å²) >= 11 is 3.49. The Morgan fingerprint density at radius 2 is 2.08 bits per heavy atom. The van der Waals surface area contributed by atoms with Crippen LogP contribution in [-0.2, 0) is 11.3 Å². The number of carbonyl (C=O) groups is 1. The van der Waals surface area contributed by atoms with Crippen molar-refractivity contribution in [2.75, 3.05) is 5.32 Å². The summed E-state index contributed by atoms with van der Waals surface area (Å²) in [4.78, 5) is 19.7. The minimum atomic E-state index is -0.0640. The van der Waals surface area contributed by atoms with Crippen molar-refractivity contribution in [2.24, 2.45) is 0 Å². The van der Waals surface area contributed by atoms with Gasteiger partial charge in [-0.2, -0.15) is 0 Å². The fourth-order valence-corrected chi connectivity index (χ4v) is 3.13. The SMILES string of the molecule is O=C(CCn1ccc2ccc(Br)cc21)Nc1nc2ccccc2[nH]1. The summed E-state index contributed by atoms with van der Waals surface area (Å²) in [7, 11) is 0. The Labute approximate surface area is 146 Å². The zero-order chi connectivity index (χ0) is 16.5. The molecule has 4 rings (SSSR count). The highest BCUT2D eigenvalue weighted by Crippen LogP contribution is 2.21. The summed E-state index contributed by atoms with van der Waals surface area (Å²) in [6.07, 6.45) is 2.39. The van der Waals surface area contributed by atoms with Crippen molar-refractivity contribution in [1.29, 1.82) is 0 Å². The number of aromatic nitrogens is 3. The first-order valence-corrected chi connectivity index (χ1v) is 8.47. The average molecular weight is 383 g/mol. The van der Waals surface area contributed by atoms with Gasteiger partial charge in [0.25, 0.3) is 0 Å². The number of carbonyl (C=O) groups excluding carboxylic acids is 1. The number of fused-ring (bicyclic) bond motifs is 2. The molecule has 2 heterocycles. The van der Waals surface area contributed by atoms with Crippen LogP contribution in [0.25, 0.3) is 21.9 Å². The van der Waals surface area contributed by atoms with Gasteiger partial charge < -0.3 is 9.55 Å². The molecule has 0 bridgehead atoms. The summed E-state index contributed by atoms with van der Waals surface area (Å²) in [6.45, 7) is 0.617. The molecule has 0 aliphatic heterocycles. The first-order valence-electron chi connectivity index (χ1n) is 7.68. The quantitative estimate of drug-likeness (QED) is 0.552. The molecule has 0 atom stereocenters. The molecule has 0 saturated heterocycles. The molecule has 120 valence electrons. The van der Waals surface area contributed by atoms with Crippen LogP contribution >= 0.6 is 15.9 Å². The maximum Gasteiger partial charge on any atom is 0.228 e. The first kappa shape index (κ1) is 15.0. The molecule has 2 N–H and O–H groups in total. The van der Waals surface area contributed by atoms with Crippen molar-refractivity contribution in [3.63, 3.8) is 0 Å². The van der Waals surface area contributed by atoms with Crippen LogP contribution < -0.4 is 5.32 Å². The number of nitrogens with zero attached hydrogens (tertiary/aromatic N) is 2. The number of benzene rings is 2. The molecule has 2 aromatic heterocycles. The number of H-pyrrole nitrogens is 1. The molecule has 0 spiro atoms. The molecule has 0 aliphatic carbocycles. The second-order valence-electron chi connectivity index (χ2n) is 5.61. The Morgan fingerprint density at radius 3 is 2.96 bits per heavy atom. The fraction of sp³-hybridized carbons (Fsp3) is 0.111. The van der Waals surface area contributed by atoms with E-state index in [4.69, 9.17) is 0 Å². The Bertz CT molecular complexity index is 1000. The van der Waals surface area contributed by atoms with E-state index >= 15 is 0 Å². The van der Waals surface area contributed by atoms with E-state index in [9.17, 15) is 4.79 Å². The van der Waals surface area contributed by atoms with Gasteiger partial charge in [0.15, 0.2) is 0 Å². The summed E-state index contributed by atoms with van der Waals surface area (Å²) < 4.78 is 3.11. The van der Waals surface area contributed by atoms with E-state index < -0.39 is 0 Å². The lowest BCUT2D eigenvalue weighted by Crippen LogP contribution is -2.15. The Morgan fingerprint density at radius 1 is 1.21 bits per heavy atom. The maximum absolute atomic E-state index is 12.2. The molecular weight excluding hydrogens is 368 g/mol. The molecule has 0 fully saturated rings. The van der Waals surface area contributed by atoms with Crippen LogP contribution in [-0.4, -0.2) is 20.4 Å². The predicted octanol–water partition coefficient (Wildman–Crippen LogP) is 4.31. The van der Waals surface area contributed by atoms with Crippen molar-refractivity contribution in [3.05, 3.63) is 59.2 Å². The molecule has 4 aromatic rings. The van der Waals surface area contributed by atoms with E-state index in [0.29, 0.717) is 18.9 Å². The van der Waals surface area contributed by atoms with Crippen LogP contribution in [0.4, 0.5) is 5.95 Å². The second-order valence-corrected chi connectivity index (χ2v) is 6.53. The van der Waals surface area contributed by atoms with Gasteiger partial charge in [0.05, 0.1) is 11.0 Å². The van der Waals surface area contributed by atoms with Gasteiger partial charge >= 0.3 is 0 Å². The van der Waals surface area contributed by atoms with Gasteiger partial charge in [0.2, 0.25) is 11.9 Å². The number of aryl methyl sites for hydroxylation is 1. The molecular formula is C18H15BrN4O. The van der Waals surface area contributed by atoms with Gasteiger partial charge in [-0.15, -0.1) is 0 Å². The number of aromatic amines is 1. The van der Waals surface area contributed by atoms with E-state index in [0.717, 1.165) is 26.4 Å². The highest BCUT2D eigenvalue weighted by Gasteiger charge is 2.08. The van der Waals surface area contributed by atoms with Gasteiger partial charge in [0, 0.05) is 29.2 Å². The molecule has 0 radical (unpaired) electrons. The molecule has 24 heavy (non-hydrogen) atoms. The van der Waals surface area contributed by atoms with E-state index in [1.54, 1.807) is 0 Å². The molecule has 5 nitrogen and oxygen atoms in total. The zero-order valence-corrected chi connectivity index (χ0v) is 14.4. The van der Waals surface area contributed by atoms with Crippen molar-refractivity contribution < 1.29 is 4.79 Å². The van der Waals surface area contributed by atoms with Gasteiger partial charge in [-0.05, 0) is 35.7 Å². The van der Waals surface area contributed by atoms with Gasteiger partial charge in [-0.3, -0.25) is 10.1 Å². The van der Waals surface area contributed by atoms with Gasteiger partial charge in [-0.25, -0.2) is 4.98 Å². The number of para-hydroxylation sites is 2. The van der Waals surface area contributed by atoms with E-state index in [-0.39, 0.29) is 5.91 Å². The van der Waals surface area contributed by atoms with E-state index in [1.165, 1.54) is 0 Å². The number of imidazole rings is 1.